The molecule has 2 nitrogen and oxygen atoms in total. The molecule has 0 radical (unpaired) electrons. The highest BCUT2D eigenvalue weighted by atomic mass is 16.7. The van der Waals surface area contributed by atoms with E-state index in [1.54, 1.807) is 0 Å². The summed E-state index contributed by atoms with van der Waals surface area (Å²) in [5.41, 5.74) is 2.95. The smallest absolute Gasteiger partial charge is 0.0726 e. The fourth-order valence-electron chi connectivity index (χ4n) is 2.12. The summed E-state index contributed by atoms with van der Waals surface area (Å²) in [6.07, 6.45) is 5.77. The second-order valence-electron chi connectivity index (χ2n) is 3.46. The molecule has 0 aromatic rings. The maximum absolute atomic E-state index is 5.12. The van der Waals surface area contributed by atoms with Gasteiger partial charge in [-0.25, -0.2) is 5.48 Å². The van der Waals surface area contributed by atoms with Gasteiger partial charge in [0.1, 0.15) is 0 Å². The monoisotopic (exact) mass is 141 g/mol. The molecule has 0 spiro atoms. The Hall–Kier alpha value is -0.0800. The Morgan fingerprint density at radius 2 is 1.90 bits per heavy atom. The summed E-state index contributed by atoms with van der Waals surface area (Å²) >= 11 is 0. The first kappa shape index (κ1) is 6.62. The van der Waals surface area contributed by atoms with E-state index in [0.717, 1.165) is 25.0 Å². The van der Waals surface area contributed by atoms with Gasteiger partial charge in [0.05, 0.1) is 6.61 Å². The molecule has 1 unspecified atom stereocenters. The van der Waals surface area contributed by atoms with Crippen molar-refractivity contribution in [2.45, 2.75) is 25.7 Å². The van der Waals surface area contributed by atoms with E-state index in [0.29, 0.717) is 0 Å². The van der Waals surface area contributed by atoms with E-state index in [1.165, 1.54) is 25.7 Å². The molecule has 2 fully saturated rings. The van der Waals surface area contributed by atoms with E-state index in [1.807, 2.05) is 0 Å². The lowest BCUT2D eigenvalue weighted by Gasteiger charge is -2.13. The van der Waals surface area contributed by atoms with Crippen molar-refractivity contribution < 1.29 is 4.84 Å². The molecule has 0 aromatic carbocycles. The number of nitrogens with one attached hydrogen (secondary N) is 1. The van der Waals surface area contributed by atoms with Crippen molar-refractivity contribution in [1.82, 2.24) is 5.48 Å². The minimum Gasteiger partial charge on any atom is -0.301 e. The first-order valence-electron chi connectivity index (χ1n) is 4.31. The van der Waals surface area contributed by atoms with Crippen molar-refractivity contribution in [3.63, 3.8) is 0 Å². The number of hydrogen-bond donors (Lipinski definition) is 1. The van der Waals surface area contributed by atoms with Gasteiger partial charge in [0.2, 0.25) is 0 Å². The maximum Gasteiger partial charge on any atom is 0.0726 e. The van der Waals surface area contributed by atoms with Crippen LogP contribution < -0.4 is 5.48 Å². The number of rotatable bonds is 1. The quantitative estimate of drug-likeness (QED) is 0.594. The largest absolute Gasteiger partial charge is 0.301 e. The van der Waals surface area contributed by atoms with E-state index >= 15 is 0 Å². The maximum atomic E-state index is 5.12. The predicted octanol–water partition coefficient (Wildman–Crippen LogP) is 1.33. The van der Waals surface area contributed by atoms with Crippen molar-refractivity contribution in [2.24, 2.45) is 11.8 Å². The van der Waals surface area contributed by atoms with Crippen LogP contribution >= 0.6 is 0 Å². The SMILES string of the molecule is C1CCC(C2CNOC2)C1. The Morgan fingerprint density at radius 1 is 1.10 bits per heavy atom. The summed E-state index contributed by atoms with van der Waals surface area (Å²) in [5.74, 6) is 1.79. The molecule has 0 aromatic heterocycles. The zero-order valence-corrected chi connectivity index (χ0v) is 6.31. The van der Waals surface area contributed by atoms with Crippen LogP contribution in [0.5, 0.6) is 0 Å². The first-order valence-corrected chi connectivity index (χ1v) is 4.31. The molecule has 1 saturated heterocycles. The normalized spacial score (nSPS) is 35.4. The Balaban J connectivity index is 1.85. The van der Waals surface area contributed by atoms with Gasteiger partial charge >= 0.3 is 0 Å². The molecule has 1 aliphatic carbocycles. The van der Waals surface area contributed by atoms with Gasteiger partial charge in [-0.15, -0.1) is 0 Å². The topological polar surface area (TPSA) is 21.3 Å². The van der Waals surface area contributed by atoms with Crippen LogP contribution in [0.4, 0.5) is 0 Å². The Labute approximate surface area is 61.9 Å². The van der Waals surface area contributed by atoms with Crippen LogP contribution in [-0.2, 0) is 4.84 Å². The van der Waals surface area contributed by atoms with Gasteiger partial charge < -0.3 is 4.84 Å². The third-order valence-electron chi connectivity index (χ3n) is 2.81. The molecule has 2 heteroatoms. The van der Waals surface area contributed by atoms with E-state index < -0.39 is 0 Å². The fourth-order valence-corrected chi connectivity index (χ4v) is 2.12. The minimum absolute atomic E-state index is 0.822. The predicted molar refractivity (Wildman–Crippen MR) is 39.4 cm³/mol. The van der Waals surface area contributed by atoms with Crippen LogP contribution in [0, 0.1) is 11.8 Å². The molecule has 1 N–H and O–H groups in total. The molecule has 2 rings (SSSR count). The van der Waals surface area contributed by atoms with Gasteiger partial charge in [-0.05, 0) is 5.92 Å². The Bertz CT molecular complexity index is 89.8. The van der Waals surface area contributed by atoms with Crippen molar-refractivity contribution in [2.75, 3.05) is 13.2 Å². The van der Waals surface area contributed by atoms with E-state index in [-0.39, 0.29) is 0 Å². The summed E-state index contributed by atoms with van der Waals surface area (Å²) in [6.45, 7) is 2.04. The van der Waals surface area contributed by atoms with Crippen LogP contribution in [0.15, 0.2) is 0 Å². The summed E-state index contributed by atoms with van der Waals surface area (Å²) < 4.78 is 0. The average molecular weight is 141 g/mol. The Kier molecular flexibility index (Phi) is 1.91. The molecule has 1 atom stereocenters. The third kappa shape index (κ3) is 1.18. The molecule has 1 heterocycles. The van der Waals surface area contributed by atoms with Gasteiger partial charge in [0.15, 0.2) is 0 Å². The van der Waals surface area contributed by atoms with Crippen LogP contribution in [0.2, 0.25) is 0 Å². The number of hydroxylamine groups is 1. The van der Waals surface area contributed by atoms with Crippen LogP contribution in [0.25, 0.3) is 0 Å². The zero-order valence-electron chi connectivity index (χ0n) is 6.31. The molecular formula is C8H15NO. The van der Waals surface area contributed by atoms with Gasteiger partial charge in [0, 0.05) is 12.5 Å². The van der Waals surface area contributed by atoms with Gasteiger partial charge in [0.25, 0.3) is 0 Å². The summed E-state index contributed by atoms with van der Waals surface area (Å²) in [7, 11) is 0. The minimum atomic E-state index is 0.822. The summed E-state index contributed by atoms with van der Waals surface area (Å²) in [6, 6.07) is 0. The molecule has 0 bridgehead atoms. The number of hydrogen-bond acceptors (Lipinski definition) is 2. The van der Waals surface area contributed by atoms with Gasteiger partial charge in [-0.1, -0.05) is 25.7 Å². The lowest BCUT2D eigenvalue weighted by atomic mass is 9.92. The van der Waals surface area contributed by atoms with E-state index in [9.17, 15) is 0 Å². The van der Waals surface area contributed by atoms with Gasteiger partial charge in [-0.3, -0.25) is 0 Å². The lowest BCUT2D eigenvalue weighted by Crippen LogP contribution is -2.16. The molecular weight excluding hydrogens is 126 g/mol. The van der Waals surface area contributed by atoms with E-state index in [2.05, 4.69) is 5.48 Å². The zero-order chi connectivity index (χ0) is 6.81. The van der Waals surface area contributed by atoms with Crippen molar-refractivity contribution >= 4 is 0 Å². The Morgan fingerprint density at radius 3 is 2.50 bits per heavy atom. The summed E-state index contributed by atoms with van der Waals surface area (Å²) in [5, 5.41) is 0. The second kappa shape index (κ2) is 2.89. The van der Waals surface area contributed by atoms with Crippen LogP contribution in [0.1, 0.15) is 25.7 Å². The van der Waals surface area contributed by atoms with Gasteiger partial charge in [-0.2, -0.15) is 0 Å². The summed E-state index contributed by atoms with van der Waals surface area (Å²) in [4.78, 5) is 5.12. The van der Waals surface area contributed by atoms with Crippen molar-refractivity contribution in [3.05, 3.63) is 0 Å². The van der Waals surface area contributed by atoms with Crippen molar-refractivity contribution in [3.8, 4) is 0 Å². The van der Waals surface area contributed by atoms with Crippen LogP contribution in [-0.4, -0.2) is 13.2 Å². The third-order valence-corrected chi connectivity index (χ3v) is 2.81. The molecule has 1 aliphatic heterocycles. The van der Waals surface area contributed by atoms with Crippen molar-refractivity contribution in [1.29, 1.82) is 0 Å². The van der Waals surface area contributed by atoms with E-state index in [4.69, 9.17) is 4.84 Å². The molecule has 2 aliphatic rings. The fraction of sp³-hybridized carbons (Fsp3) is 1.00. The van der Waals surface area contributed by atoms with Crippen LogP contribution in [0.3, 0.4) is 0 Å². The first-order chi connectivity index (χ1) is 4.97. The molecule has 0 amide bonds. The lowest BCUT2D eigenvalue weighted by molar-refractivity contribution is 0.0927. The highest BCUT2D eigenvalue weighted by Gasteiger charge is 2.27. The molecule has 1 saturated carbocycles. The highest BCUT2D eigenvalue weighted by molar-refractivity contribution is 4.77. The highest BCUT2D eigenvalue weighted by Crippen LogP contribution is 2.32. The molecule has 10 heavy (non-hydrogen) atoms. The standard InChI is InChI=1S/C8H15NO/c1-2-4-7(3-1)8-5-9-10-6-8/h7-9H,1-6H2. The second-order valence-corrected chi connectivity index (χ2v) is 3.46. The molecule has 58 valence electrons. The average Bonchev–Trinajstić information content (AvgIpc) is 2.59.